The fourth-order valence-corrected chi connectivity index (χ4v) is 2.48. The van der Waals surface area contributed by atoms with Gasteiger partial charge in [0, 0.05) is 17.5 Å². The number of alkyl halides is 3. The van der Waals surface area contributed by atoms with E-state index in [2.05, 4.69) is 10.1 Å². The average molecular weight is 329 g/mol. The van der Waals surface area contributed by atoms with Gasteiger partial charge in [-0.2, -0.15) is 18.3 Å². The first kappa shape index (κ1) is 16.0. The van der Waals surface area contributed by atoms with Gasteiger partial charge < -0.3 is 5.84 Å². The van der Waals surface area contributed by atoms with E-state index in [1.54, 1.807) is 6.07 Å². The average Bonchev–Trinajstić information content (AvgIpc) is 2.59. The molecule has 3 rings (SSSR count). The van der Waals surface area contributed by atoms with Gasteiger partial charge in [0.05, 0.1) is 16.8 Å². The fourth-order valence-electron chi connectivity index (χ4n) is 2.48. The zero-order valence-corrected chi connectivity index (χ0v) is 12.6. The highest BCUT2D eigenvalue weighted by Crippen LogP contribution is 2.29. The van der Waals surface area contributed by atoms with E-state index in [9.17, 15) is 13.2 Å². The third kappa shape index (κ3) is 3.37. The minimum Gasteiger partial charge on any atom is -0.323 e. The van der Waals surface area contributed by atoms with Gasteiger partial charge >= 0.3 is 6.18 Å². The number of rotatable bonds is 3. The van der Waals surface area contributed by atoms with Crippen LogP contribution in [0.1, 0.15) is 16.8 Å². The zero-order chi connectivity index (χ0) is 17.2. The van der Waals surface area contributed by atoms with Gasteiger partial charge in [-0.1, -0.05) is 36.4 Å². The number of benzene rings is 2. The molecule has 0 fully saturated rings. The number of nitrogens with zero attached hydrogens (tertiary/aromatic N) is 2. The molecular formula is C18H14F3N3. The van der Waals surface area contributed by atoms with E-state index < -0.39 is 11.7 Å². The monoisotopic (exact) mass is 329 g/mol. The van der Waals surface area contributed by atoms with E-state index in [1.165, 1.54) is 6.07 Å². The predicted octanol–water partition coefficient (Wildman–Crippen LogP) is 4.16. The quantitative estimate of drug-likeness (QED) is 0.446. The summed E-state index contributed by atoms with van der Waals surface area (Å²) < 4.78 is 38.6. The molecule has 0 aliphatic carbocycles. The van der Waals surface area contributed by atoms with E-state index in [4.69, 9.17) is 5.84 Å². The summed E-state index contributed by atoms with van der Waals surface area (Å²) >= 11 is 0. The molecule has 0 aliphatic rings. The molecule has 0 radical (unpaired) electrons. The summed E-state index contributed by atoms with van der Waals surface area (Å²) in [6.45, 7) is 0. The van der Waals surface area contributed by atoms with Crippen molar-refractivity contribution >= 4 is 16.6 Å². The first-order valence-electron chi connectivity index (χ1n) is 7.26. The number of aromatic nitrogens is 1. The molecule has 0 aliphatic heterocycles. The van der Waals surface area contributed by atoms with E-state index >= 15 is 0 Å². The van der Waals surface area contributed by atoms with E-state index in [0.717, 1.165) is 23.0 Å². The van der Waals surface area contributed by atoms with Crippen LogP contribution in [0.3, 0.4) is 0 Å². The maximum atomic E-state index is 12.9. The molecule has 0 saturated carbocycles. The molecule has 2 N–H and O–H groups in total. The Hall–Kier alpha value is -2.89. The Labute approximate surface area is 136 Å². The summed E-state index contributed by atoms with van der Waals surface area (Å²) in [4.78, 5) is 4.50. The lowest BCUT2D eigenvalue weighted by Gasteiger charge is -2.10. The van der Waals surface area contributed by atoms with Gasteiger partial charge in [-0.3, -0.25) is 4.98 Å². The lowest BCUT2D eigenvalue weighted by molar-refractivity contribution is -0.137. The second kappa shape index (κ2) is 6.31. The Morgan fingerprint density at radius 2 is 1.79 bits per heavy atom. The van der Waals surface area contributed by atoms with Crippen LogP contribution in [-0.4, -0.2) is 10.7 Å². The number of pyridine rings is 1. The van der Waals surface area contributed by atoms with Gasteiger partial charge in [0.25, 0.3) is 0 Å². The molecule has 3 aromatic rings. The first-order valence-corrected chi connectivity index (χ1v) is 7.26. The minimum absolute atomic E-state index is 0.253. The van der Waals surface area contributed by atoms with Gasteiger partial charge in [-0.15, -0.1) is 0 Å². The van der Waals surface area contributed by atoms with Crippen LogP contribution < -0.4 is 5.84 Å². The molecule has 1 aromatic heterocycles. The number of fused-ring (bicyclic) bond motifs is 1. The number of hydrogen-bond acceptors (Lipinski definition) is 3. The third-order valence-electron chi connectivity index (χ3n) is 3.68. The lowest BCUT2D eigenvalue weighted by Crippen LogP contribution is -2.12. The molecule has 0 amide bonds. The van der Waals surface area contributed by atoms with E-state index in [1.807, 2.05) is 36.4 Å². The zero-order valence-electron chi connectivity index (χ0n) is 12.6. The Balaban J connectivity index is 1.92. The Morgan fingerprint density at radius 3 is 2.54 bits per heavy atom. The number of hydrogen-bond donors (Lipinski definition) is 1. The van der Waals surface area contributed by atoms with Crippen molar-refractivity contribution in [2.75, 3.05) is 0 Å². The molecule has 0 atom stereocenters. The van der Waals surface area contributed by atoms with Crippen molar-refractivity contribution in [2.45, 2.75) is 12.6 Å². The second-order valence-corrected chi connectivity index (χ2v) is 5.33. The molecule has 122 valence electrons. The largest absolute Gasteiger partial charge is 0.416 e. The third-order valence-corrected chi connectivity index (χ3v) is 3.68. The van der Waals surface area contributed by atoms with Crippen LogP contribution in [0.4, 0.5) is 13.2 Å². The van der Waals surface area contributed by atoms with Crippen LogP contribution in [0.15, 0.2) is 65.8 Å². The maximum Gasteiger partial charge on any atom is 0.416 e. The van der Waals surface area contributed by atoms with Crippen LogP contribution in [0.25, 0.3) is 10.9 Å². The van der Waals surface area contributed by atoms with Gasteiger partial charge in [-0.25, -0.2) is 0 Å². The highest BCUT2D eigenvalue weighted by Gasteiger charge is 2.30. The van der Waals surface area contributed by atoms with Gasteiger partial charge in [0.15, 0.2) is 0 Å². The van der Waals surface area contributed by atoms with Crippen LogP contribution >= 0.6 is 0 Å². The maximum absolute atomic E-state index is 12.9. The van der Waals surface area contributed by atoms with Gasteiger partial charge in [0.1, 0.15) is 0 Å². The van der Waals surface area contributed by atoms with E-state index in [-0.39, 0.29) is 6.42 Å². The van der Waals surface area contributed by atoms with Crippen molar-refractivity contribution in [3.8, 4) is 0 Å². The molecule has 3 nitrogen and oxygen atoms in total. The minimum atomic E-state index is -4.41. The summed E-state index contributed by atoms with van der Waals surface area (Å²) in [5.74, 6) is 5.40. The van der Waals surface area contributed by atoms with Crippen molar-refractivity contribution < 1.29 is 13.2 Å². The molecular weight excluding hydrogens is 315 g/mol. The molecule has 0 unspecified atom stereocenters. The van der Waals surface area contributed by atoms with E-state index in [0.29, 0.717) is 17.0 Å². The highest BCUT2D eigenvalue weighted by molar-refractivity contribution is 6.01. The van der Waals surface area contributed by atoms with Gasteiger partial charge in [-0.05, 0) is 29.8 Å². The summed E-state index contributed by atoms with van der Waals surface area (Å²) in [7, 11) is 0. The standard InChI is InChI=1S/C18H14F3N3/c19-18(20,21)14-6-3-5-13(10-14)17(24-22)11-15-9-8-12-4-1-2-7-16(12)23-15/h1-10H,11,22H2. The Kier molecular flexibility index (Phi) is 4.20. The molecule has 2 aromatic carbocycles. The van der Waals surface area contributed by atoms with Crippen molar-refractivity contribution in [3.63, 3.8) is 0 Å². The van der Waals surface area contributed by atoms with Crippen molar-refractivity contribution in [1.82, 2.24) is 4.98 Å². The van der Waals surface area contributed by atoms with Crippen LogP contribution in [0.5, 0.6) is 0 Å². The summed E-state index contributed by atoms with van der Waals surface area (Å²) in [6, 6.07) is 16.3. The SMILES string of the molecule is NN=C(Cc1ccc2ccccc2n1)c1cccc(C(F)(F)F)c1. The second-order valence-electron chi connectivity index (χ2n) is 5.33. The Morgan fingerprint density at radius 1 is 1.00 bits per heavy atom. The summed E-state index contributed by atoms with van der Waals surface area (Å²) in [5, 5.41) is 4.66. The molecule has 0 bridgehead atoms. The summed E-state index contributed by atoms with van der Waals surface area (Å²) in [6.07, 6.45) is -4.15. The van der Waals surface area contributed by atoms with Crippen molar-refractivity contribution in [1.29, 1.82) is 0 Å². The molecule has 6 heteroatoms. The molecule has 0 saturated heterocycles. The molecule has 1 heterocycles. The number of halogens is 3. The van der Waals surface area contributed by atoms with Crippen LogP contribution in [0.2, 0.25) is 0 Å². The molecule has 0 spiro atoms. The lowest BCUT2D eigenvalue weighted by atomic mass is 10.0. The number of hydrazone groups is 1. The van der Waals surface area contributed by atoms with Crippen LogP contribution in [-0.2, 0) is 12.6 Å². The topological polar surface area (TPSA) is 51.3 Å². The van der Waals surface area contributed by atoms with Crippen molar-refractivity contribution in [2.24, 2.45) is 10.9 Å². The van der Waals surface area contributed by atoms with Crippen LogP contribution in [0, 0.1) is 0 Å². The number of para-hydroxylation sites is 1. The predicted molar refractivity (Wildman–Crippen MR) is 87.6 cm³/mol. The first-order chi connectivity index (χ1) is 11.5. The fraction of sp³-hybridized carbons (Fsp3) is 0.111. The number of nitrogens with two attached hydrogens (primary N) is 1. The smallest absolute Gasteiger partial charge is 0.323 e. The molecule has 24 heavy (non-hydrogen) atoms. The highest BCUT2D eigenvalue weighted by atomic mass is 19.4. The normalized spacial score (nSPS) is 12.5. The van der Waals surface area contributed by atoms with Gasteiger partial charge in [0.2, 0.25) is 0 Å². The summed E-state index contributed by atoms with van der Waals surface area (Å²) in [5.41, 5.74) is 1.46. The van der Waals surface area contributed by atoms with Crippen molar-refractivity contribution in [3.05, 3.63) is 77.5 Å². The Bertz CT molecular complexity index is 901.